The topological polar surface area (TPSA) is 104 Å². The lowest BCUT2D eigenvalue weighted by molar-refractivity contribution is -0.132. The number of halogens is 1. The van der Waals surface area contributed by atoms with E-state index in [9.17, 15) is 29.0 Å². The van der Waals surface area contributed by atoms with Crippen molar-refractivity contribution in [3.8, 4) is 5.75 Å². The van der Waals surface area contributed by atoms with Gasteiger partial charge < -0.3 is 14.9 Å². The number of phenols is 1. The zero-order valence-electron chi connectivity index (χ0n) is 19.0. The van der Waals surface area contributed by atoms with Gasteiger partial charge in [-0.05, 0) is 79.6 Å². The van der Waals surface area contributed by atoms with Crippen molar-refractivity contribution in [1.82, 2.24) is 0 Å². The Morgan fingerprint density at radius 1 is 1.03 bits per heavy atom. The van der Waals surface area contributed by atoms with Crippen LogP contribution in [0, 0.1) is 12.7 Å². The lowest BCUT2D eigenvalue weighted by Crippen LogP contribution is -2.29. The average molecular weight is 475 g/mol. The molecule has 1 atom stereocenters. The first-order chi connectivity index (χ1) is 16.7. The van der Waals surface area contributed by atoms with Crippen LogP contribution < -0.4 is 4.90 Å². The van der Waals surface area contributed by atoms with Gasteiger partial charge >= 0.3 is 5.97 Å². The molecule has 0 aliphatic carbocycles. The Morgan fingerprint density at radius 3 is 2.34 bits per heavy atom. The van der Waals surface area contributed by atoms with Crippen molar-refractivity contribution < 1.29 is 33.7 Å². The fourth-order valence-electron chi connectivity index (χ4n) is 4.03. The van der Waals surface area contributed by atoms with Gasteiger partial charge in [-0.2, -0.15) is 0 Å². The van der Waals surface area contributed by atoms with Crippen LogP contribution in [0.1, 0.15) is 40.0 Å². The summed E-state index contributed by atoms with van der Waals surface area (Å²) < 4.78 is 18.8. The van der Waals surface area contributed by atoms with Gasteiger partial charge in [0.25, 0.3) is 11.7 Å². The van der Waals surface area contributed by atoms with E-state index in [2.05, 4.69) is 0 Å². The van der Waals surface area contributed by atoms with Crippen LogP contribution >= 0.6 is 0 Å². The Labute approximate surface area is 200 Å². The van der Waals surface area contributed by atoms with Gasteiger partial charge in [-0.15, -0.1) is 0 Å². The number of nitrogens with zero attached hydrogens (tertiary/aromatic N) is 1. The fraction of sp³-hybridized carbons (Fsp3) is 0.148. The van der Waals surface area contributed by atoms with Crippen LogP contribution in [0.4, 0.5) is 10.1 Å². The SMILES string of the molecule is CCOC(=O)c1ccc(N2C(=O)C(=O)/C(=C(\O)c3ccc(F)c(C)c3)C2c2cccc(O)c2)cc1. The highest BCUT2D eigenvalue weighted by Crippen LogP contribution is 2.42. The Hall–Kier alpha value is -4.46. The van der Waals surface area contributed by atoms with Crippen molar-refractivity contribution in [1.29, 1.82) is 0 Å². The molecule has 2 N–H and O–H groups in total. The van der Waals surface area contributed by atoms with Crippen molar-refractivity contribution in [2.45, 2.75) is 19.9 Å². The maximum Gasteiger partial charge on any atom is 0.338 e. The minimum Gasteiger partial charge on any atom is -0.508 e. The number of ether oxygens (including phenoxy) is 1. The molecule has 1 aliphatic heterocycles. The largest absolute Gasteiger partial charge is 0.508 e. The van der Waals surface area contributed by atoms with Crippen molar-refractivity contribution in [2.75, 3.05) is 11.5 Å². The third-order valence-electron chi connectivity index (χ3n) is 5.72. The zero-order valence-corrected chi connectivity index (χ0v) is 19.0. The van der Waals surface area contributed by atoms with Crippen LogP contribution in [-0.2, 0) is 14.3 Å². The summed E-state index contributed by atoms with van der Waals surface area (Å²) in [5.74, 6) is -3.41. The van der Waals surface area contributed by atoms with Gasteiger partial charge in [0.1, 0.15) is 17.3 Å². The van der Waals surface area contributed by atoms with E-state index in [-0.39, 0.29) is 34.6 Å². The first kappa shape index (κ1) is 23.7. The van der Waals surface area contributed by atoms with Crippen molar-refractivity contribution in [3.63, 3.8) is 0 Å². The summed E-state index contributed by atoms with van der Waals surface area (Å²) in [6.45, 7) is 3.40. The number of esters is 1. The predicted octanol–water partition coefficient (Wildman–Crippen LogP) is 4.64. The molecule has 1 heterocycles. The molecule has 0 bridgehead atoms. The number of carbonyl (C=O) groups excluding carboxylic acids is 3. The second kappa shape index (κ2) is 9.42. The number of carbonyl (C=O) groups is 3. The highest BCUT2D eigenvalue weighted by molar-refractivity contribution is 6.51. The second-order valence-electron chi connectivity index (χ2n) is 8.00. The van der Waals surface area contributed by atoms with Crippen molar-refractivity contribution in [2.24, 2.45) is 0 Å². The summed E-state index contributed by atoms with van der Waals surface area (Å²) in [6.07, 6.45) is 0. The van der Waals surface area contributed by atoms with Crippen molar-refractivity contribution >= 4 is 29.1 Å². The highest BCUT2D eigenvalue weighted by Gasteiger charge is 2.47. The van der Waals surface area contributed by atoms with E-state index in [1.54, 1.807) is 19.1 Å². The van der Waals surface area contributed by atoms with Crippen LogP contribution in [0.15, 0.2) is 72.3 Å². The lowest BCUT2D eigenvalue weighted by Gasteiger charge is -2.25. The molecule has 0 saturated carbocycles. The molecule has 178 valence electrons. The van der Waals surface area contributed by atoms with Crippen molar-refractivity contribution in [3.05, 3.63) is 100 Å². The molecule has 1 amide bonds. The second-order valence-corrected chi connectivity index (χ2v) is 8.00. The number of amides is 1. The van der Waals surface area contributed by atoms with Crippen LogP contribution in [0.2, 0.25) is 0 Å². The number of anilines is 1. The molecule has 1 unspecified atom stereocenters. The molecule has 1 aliphatic rings. The van der Waals surface area contributed by atoms with E-state index in [4.69, 9.17) is 4.74 Å². The summed E-state index contributed by atoms with van der Waals surface area (Å²) in [5.41, 5.74) is 1.15. The number of aromatic hydroxyl groups is 1. The van der Waals surface area contributed by atoms with Gasteiger partial charge in [-0.25, -0.2) is 9.18 Å². The molecule has 3 aromatic carbocycles. The van der Waals surface area contributed by atoms with Crippen LogP contribution in [-0.4, -0.2) is 34.5 Å². The number of hydrogen-bond donors (Lipinski definition) is 2. The normalized spacial score (nSPS) is 17.0. The predicted molar refractivity (Wildman–Crippen MR) is 126 cm³/mol. The molecule has 7 nitrogen and oxygen atoms in total. The van der Waals surface area contributed by atoms with E-state index >= 15 is 0 Å². The number of aliphatic hydroxyl groups excluding tert-OH is 1. The van der Waals surface area contributed by atoms with Gasteiger partial charge in [0.15, 0.2) is 0 Å². The molecule has 3 aromatic rings. The average Bonchev–Trinajstić information content (AvgIpc) is 3.11. The summed E-state index contributed by atoms with van der Waals surface area (Å²) in [4.78, 5) is 39.5. The summed E-state index contributed by atoms with van der Waals surface area (Å²) >= 11 is 0. The van der Waals surface area contributed by atoms with Gasteiger partial charge in [0, 0.05) is 11.3 Å². The third-order valence-corrected chi connectivity index (χ3v) is 5.72. The molecule has 4 rings (SSSR count). The highest BCUT2D eigenvalue weighted by atomic mass is 19.1. The number of benzene rings is 3. The number of phenolic OH excluding ortho intramolecular Hbond substituents is 1. The molecule has 0 aromatic heterocycles. The van der Waals surface area contributed by atoms with E-state index in [1.165, 1.54) is 60.4 Å². The molecule has 0 spiro atoms. The number of ketones is 1. The van der Waals surface area contributed by atoms with Gasteiger partial charge in [-0.1, -0.05) is 12.1 Å². The standard InChI is InChI=1S/C27H22FNO6/c1-3-35-27(34)16-7-10-19(11-8-16)29-23(17-5-4-6-20(30)14-17)22(25(32)26(29)33)24(31)18-9-12-21(28)15(2)13-18/h4-14,23,30-31H,3H2,1-2H3/b24-22-. The maximum absolute atomic E-state index is 13.8. The number of aliphatic hydroxyl groups is 1. The Morgan fingerprint density at radius 2 is 1.71 bits per heavy atom. The Balaban J connectivity index is 1.88. The quantitative estimate of drug-likeness (QED) is 0.241. The Bertz CT molecular complexity index is 1360. The summed E-state index contributed by atoms with van der Waals surface area (Å²) in [6, 6.07) is 14.7. The molecule has 1 fully saturated rings. The smallest absolute Gasteiger partial charge is 0.338 e. The molecule has 1 saturated heterocycles. The number of rotatable bonds is 5. The third kappa shape index (κ3) is 4.38. The van der Waals surface area contributed by atoms with E-state index in [0.29, 0.717) is 11.3 Å². The minimum atomic E-state index is -1.08. The fourth-order valence-corrected chi connectivity index (χ4v) is 4.03. The molecular formula is C27H22FNO6. The monoisotopic (exact) mass is 475 g/mol. The van der Waals surface area contributed by atoms with Crippen LogP contribution in [0.3, 0.4) is 0 Å². The van der Waals surface area contributed by atoms with E-state index in [1.807, 2.05) is 0 Å². The van der Waals surface area contributed by atoms with Crippen LogP contribution in [0.25, 0.3) is 5.76 Å². The van der Waals surface area contributed by atoms with E-state index < -0.39 is 35.3 Å². The number of Topliss-reactive ketones (excluding diaryl/α,β-unsaturated/α-hetero) is 1. The van der Waals surface area contributed by atoms with E-state index in [0.717, 1.165) is 6.07 Å². The van der Waals surface area contributed by atoms with Gasteiger partial charge in [-0.3, -0.25) is 14.5 Å². The summed E-state index contributed by atoms with van der Waals surface area (Å²) in [7, 11) is 0. The first-order valence-corrected chi connectivity index (χ1v) is 10.9. The maximum atomic E-state index is 13.8. The van der Waals surface area contributed by atoms with Gasteiger partial charge in [0.2, 0.25) is 0 Å². The molecule has 35 heavy (non-hydrogen) atoms. The number of aryl methyl sites for hydroxylation is 1. The minimum absolute atomic E-state index is 0.0941. The molecule has 8 heteroatoms. The molecular weight excluding hydrogens is 453 g/mol. The lowest BCUT2D eigenvalue weighted by atomic mass is 9.94. The first-order valence-electron chi connectivity index (χ1n) is 10.9. The zero-order chi connectivity index (χ0) is 25.3. The van der Waals surface area contributed by atoms with Crippen LogP contribution in [0.5, 0.6) is 5.75 Å². The Kier molecular flexibility index (Phi) is 6.38. The summed E-state index contributed by atoms with van der Waals surface area (Å²) in [5, 5.41) is 21.2. The number of hydrogen-bond acceptors (Lipinski definition) is 6. The molecule has 0 radical (unpaired) electrons. The van der Waals surface area contributed by atoms with Gasteiger partial charge in [0.05, 0.1) is 23.8 Å².